The summed E-state index contributed by atoms with van der Waals surface area (Å²) in [4.78, 5) is 13.0. The van der Waals surface area contributed by atoms with E-state index in [-0.39, 0.29) is 10.6 Å². The number of hydrogen-bond donors (Lipinski definition) is 3. The molecule has 0 fully saturated rings. The second kappa shape index (κ2) is 5.29. The normalized spacial score (nSPS) is 11.3. The highest BCUT2D eigenvalue weighted by molar-refractivity contribution is 9.10. The number of carboxylic acids is 1. The van der Waals surface area contributed by atoms with Crippen LogP contribution in [0.25, 0.3) is 0 Å². The number of rotatable bonds is 4. The van der Waals surface area contributed by atoms with Gasteiger partial charge in [0.1, 0.15) is 10.6 Å². The fraction of sp³-hybridized carbons (Fsp3) is 0.0833. The van der Waals surface area contributed by atoms with Crippen molar-refractivity contribution in [3.05, 3.63) is 46.2 Å². The molecule has 0 bridgehead atoms. The highest BCUT2D eigenvalue weighted by Crippen LogP contribution is 2.26. The predicted octanol–water partition coefficient (Wildman–Crippen LogP) is 2.58. The van der Waals surface area contributed by atoms with Gasteiger partial charge in [-0.3, -0.25) is 4.72 Å². The van der Waals surface area contributed by atoms with Gasteiger partial charge in [0.15, 0.2) is 0 Å². The molecule has 2 rings (SSSR count). The third kappa shape index (κ3) is 3.02. The van der Waals surface area contributed by atoms with Gasteiger partial charge in [0.05, 0.1) is 5.69 Å². The van der Waals surface area contributed by atoms with Gasteiger partial charge in [-0.1, -0.05) is 6.07 Å². The average Bonchev–Trinajstić information content (AvgIpc) is 2.83. The Bertz CT molecular complexity index is 768. The zero-order chi connectivity index (χ0) is 14.9. The number of anilines is 1. The number of halogens is 1. The van der Waals surface area contributed by atoms with Crippen LogP contribution in [0.4, 0.5) is 5.69 Å². The van der Waals surface area contributed by atoms with Crippen molar-refractivity contribution in [1.82, 2.24) is 4.98 Å². The molecule has 0 amide bonds. The second-order valence-corrected chi connectivity index (χ2v) is 6.68. The van der Waals surface area contributed by atoms with Crippen LogP contribution in [0.3, 0.4) is 0 Å². The standard InChI is InChI=1S/C12H11BrN2O4S/c1-7-2-3-10(9(13)4-7)15-20(18,19)8-5-11(12(16)17)14-6-8/h2-6,14-15H,1H3,(H,16,17). The number of aromatic carboxylic acids is 1. The van der Waals surface area contributed by atoms with Gasteiger partial charge in [-0.2, -0.15) is 0 Å². The van der Waals surface area contributed by atoms with Crippen molar-refractivity contribution in [1.29, 1.82) is 0 Å². The number of nitrogens with one attached hydrogen (secondary N) is 2. The molecule has 0 aliphatic heterocycles. The summed E-state index contributed by atoms with van der Waals surface area (Å²) < 4.78 is 27.3. The molecule has 1 heterocycles. The fourth-order valence-electron chi connectivity index (χ4n) is 1.56. The molecule has 0 spiro atoms. The largest absolute Gasteiger partial charge is 0.477 e. The maximum Gasteiger partial charge on any atom is 0.352 e. The molecule has 0 radical (unpaired) electrons. The lowest BCUT2D eigenvalue weighted by atomic mass is 10.2. The molecule has 1 aromatic carbocycles. The van der Waals surface area contributed by atoms with Gasteiger partial charge in [-0.15, -0.1) is 0 Å². The van der Waals surface area contributed by atoms with E-state index in [1.54, 1.807) is 18.2 Å². The molecule has 20 heavy (non-hydrogen) atoms. The van der Waals surface area contributed by atoms with Crippen LogP contribution >= 0.6 is 15.9 Å². The van der Waals surface area contributed by atoms with Gasteiger partial charge in [-0.05, 0) is 46.6 Å². The topological polar surface area (TPSA) is 99.3 Å². The Morgan fingerprint density at radius 3 is 2.60 bits per heavy atom. The molecule has 0 aliphatic carbocycles. The summed E-state index contributed by atoms with van der Waals surface area (Å²) in [6.45, 7) is 1.88. The van der Waals surface area contributed by atoms with Crippen LogP contribution in [0.2, 0.25) is 0 Å². The Morgan fingerprint density at radius 1 is 1.35 bits per heavy atom. The van der Waals surface area contributed by atoms with Gasteiger partial charge in [-0.25, -0.2) is 13.2 Å². The maximum absolute atomic E-state index is 12.1. The van der Waals surface area contributed by atoms with Crippen LogP contribution in [-0.2, 0) is 10.0 Å². The Kier molecular flexibility index (Phi) is 3.87. The zero-order valence-corrected chi connectivity index (χ0v) is 12.7. The zero-order valence-electron chi connectivity index (χ0n) is 10.3. The molecule has 8 heteroatoms. The third-order valence-electron chi connectivity index (χ3n) is 2.57. The number of H-pyrrole nitrogens is 1. The lowest BCUT2D eigenvalue weighted by Crippen LogP contribution is -2.12. The molecule has 2 aromatic rings. The van der Waals surface area contributed by atoms with Gasteiger partial charge in [0.2, 0.25) is 0 Å². The molecule has 0 saturated carbocycles. The van der Waals surface area contributed by atoms with Crippen molar-refractivity contribution in [2.45, 2.75) is 11.8 Å². The lowest BCUT2D eigenvalue weighted by molar-refractivity contribution is 0.0691. The minimum Gasteiger partial charge on any atom is -0.477 e. The Hall–Kier alpha value is -1.80. The van der Waals surface area contributed by atoms with E-state index in [9.17, 15) is 13.2 Å². The molecule has 106 valence electrons. The Labute approximate surface area is 124 Å². The number of carbonyl (C=O) groups is 1. The Balaban J connectivity index is 2.33. The first kappa shape index (κ1) is 14.6. The smallest absolute Gasteiger partial charge is 0.352 e. The van der Waals surface area contributed by atoms with E-state index in [4.69, 9.17) is 5.11 Å². The second-order valence-electron chi connectivity index (χ2n) is 4.14. The minimum absolute atomic E-state index is 0.137. The van der Waals surface area contributed by atoms with Gasteiger partial charge < -0.3 is 10.1 Å². The van der Waals surface area contributed by atoms with Gasteiger partial charge in [0.25, 0.3) is 10.0 Å². The average molecular weight is 359 g/mol. The summed E-state index contributed by atoms with van der Waals surface area (Å²) in [6, 6.07) is 6.23. The first-order valence-electron chi connectivity index (χ1n) is 5.50. The number of aromatic amines is 1. The number of hydrogen-bond acceptors (Lipinski definition) is 3. The number of carboxylic acid groups (broad SMARTS) is 1. The molecule has 3 N–H and O–H groups in total. The predicted molar refractivity (Wildman–Crippen MR) is 77.4 cm³/mol. The van der Waals surface area contributed by atoms with E-state index in [1.165, 1.54) is 0 Å². The molecule has 6 nitrogen and oxygen atoms in total. The summed E-state index contributed by atoms with van der Waals surface area (Å²) >= 11 is 3.27. The van der Waals surface area contributed by atoms with Crippen LogP contribution in [0.15, 0.2) is 39.8 Å². The summed E-state index contributed by atoms with van der Waals surface area (Å²) in [6.07, 6.45) is 1.13. The molecule has 0 saturated heterocycles. The van der Waals surface area contributed by atoms with Crippen LogP contribution < -0.4 is 4.72 Å². The molecule has 0 aliphatic rings. The summed E-state index contributed by atoms with van der Waals surface area (Å²) in [7, 11) is -3.84. The fourth-order valence-corrected chi connectivity index (χ4v) is 3.36. The molecule has 1 aromatic heterocycles. The monoisotopic (exact) mass is 358 g/mol. The van der Waals surface area contributed by atoms with Crippen molar-refractivity contribution in [2.75, 3.05) is 4.72 Å². The minimum atomic E-state index is -3.84. The van der Waals surface area contributed by atoms with Crippen LogP contribution in [0.1, 0.15) is 16.1 Å². The first-order valence-corrected chi connectivity index (χ1v) is 7.78. The molecule has 0 unspecified atom stereocenters. The summed E-state index contributed by atoms with van der Waals surface area (Å²) in [5, 5.41) is 8.77. The van der Waals surface area contributed by atoms with E-state index in [0.29, 0.717) is 10.2 Å². The van der Waals surface area contributed by atoms with Crippen molar-refractivity contribution >= 4 is 37.6 Å². The van der Waals surface area contributed by atoms with Crippen molar-refractivity contribution in [2.24, 2.45) is 0 Å². The SMILES string of the molecule is Cc1ccc(NS(=O)(=O)c2c[nH]c(C(=O)O)c2)c(Br)c1. The van der Waals surface area contributed by atoms with Crippen LogP contribution in [-0.4, -0.2) is 24.5 Å². The highest BCUT2D eigenvalue weighted by Gasteiger charge is 2.19. The van der Waals surface area contributed by atoms with Crippen molar-refractivity contribution in [3.63, 3.8) is 0 Å². The van der Waals surface area contributed by atoms with E-state index >= 15 is 0 Å². The summed E-state index contributed by atoms with van der Waals surface area (Å²) in [5.41, 5.74) is 1.18. The molecular weight excluding hydrogens is 348 g/mol. The van der Waals surface area contributed by atoms with Gasteiger partial charge >= 0.3 is 5.97 Å². The van der Waals surface area contributed by atoms with E-state index < -0.39 is 16.0 Å². The number of aromatic nitrogens is 1. The first-order chi connectivity index (χ1) is 9.29. The highest BCUT2D eigenvalue weighted by atomic mass is 79.9. The Morgan fingerprint density at radius 2 is 2.05 bits per heavy atom. The molecular formula is C12H11BrN2O4S. The number of aryl methyl sites for hydroxylation is 1. The number of benzene rings is 1. The number of sulfonamides is 1. The van der Waals surface area contributed by atoms with Gasteiger partial charge in [0, 0.05) is 10.7 Å². The maximum atomic E-state index is 12.1. The van der Waals surface area contributed by atoms with Crippen LogP contribution in [0, 0.1) is 6.92 Å². The summed E-state index contributed by atoms with van der Waals surface area (Å²) in [5.74, 6) is -1.22. The lowest BCUT2D eigenvalue weighted by Gasteiger charge is -2.08. The van der Waals surface area contributed by atoms with Crippen molar-refractivity contribution < 1.29 is 18.3 Å². The van der Waals surface area contributed by atoms with Crippen molar-refractivity contribution in [3.8, 4) is 0 Å². The van der Waals surface area contributed by atoms with E-state index in [2.05, 4.69) is 25.6 Å². The van der Waals surface area contributed by atoms with E-state index in [1.807, 2.05) is 6.92 Å². The quantitative estimate of drug-likeness (QED) is 0.781. The van der Waals surface area contributed by atoms with Crippen LogP contribution in [0.5, 0.6) is 0 Å². The van der Waals surface area contributed by atoms with E-state index in [0.717, 1.165) is 17.8 Å². The molecule has 0 atom stereocenters. The third-order valence-corrected chi connectivity index (χ3v) is 4.57.